The van der Waals surface area contributed by atoms with E-state index in [1.807, 2.05) is 0 Å². The van der Waals surface area contributed by atoms with Crippen molar-refractivity contribution in [3.05, 3.63) is 70.8 Å². The Kier molecular flexibility index (Phi) is 3.16. The van der Waals surface area contributed by atoms with Crippen molar-refractivity contribution in [3.63, 3.8) is 0 Å². The average molecular weight is 251 g/mol. The highest BCUT2D eigenvalue weighted by Crippen LogP contribution is 2.38. The fourth-order valence-corrected chi connectivity index (χ4v) is 3.23. The Labute approximate surface area is 115 Å². The molecule has 0 spiro atoms. The third kappa shape index (κ3) is 2.08. The van der Waals surface area contributed by atoms with Crippen molar-refractivity contribution in [3.8, 4) is 0 Å². The molecule has 1 atom stereocenters. The van der Waals surface area contributed by atoms with Gasteiger partial charge in [-0.15, -0.1) is 0 Å². The first-order chi connectivity index (χ1) is 9.24. The normalized spacial score (nSPS) is 22.0. The van der Waals surface area contributed by atoms with Crippen LogP contribution in [0.2, 0.25) is 0 Å². The van der Waals surface area contributed by atoms with E-state index in [1.165, 1.54) is 28.7 Å². The standard InChI is InChI=1S/C18H21N/c1-2-14-7-5-10-16(13-14)18(19)12-6-9-15-8-3-4-11-17(15)18/h3-5,7-8,10-11,13H,2,6,9,12,19H2,1H3. The molecule has 0 aliphatic heterocycles. The second kappa shape index (κ2) is 4.82. The molecule has 0 fully saturated rings. The average Bonchev–Trinajstić information content (AvgIpc) is 2.48. The Hall–Kier alpha value is -1.60. The maximum atomic E-state index is 6.82. The molecule has 98 valence electrons. The van der Waals surface area contributed by atoms with Crippen LogP contribution < -0.4 is 5.73 Å². The molecule has 1 aliphatic carbocycles. The summed E-state index contributed by atoms with van der Waals surface area (Å²) in [6.45, 7) is 2.19. The van der Waals surface area contributed by atoms with Gasteiger partial charge in [-0.1, -0.05) is 55.5 Å². The third-order valence-corrected chi connectivity index (χ3v) is 4.37. The van der Waals surface area contributed by atoms with E-state index < -0.39 is 0 Å². The number of hydrogen-bond acceptors (Lipinski definition) is 1. The van der Waals surface area contributed by atoms with Crippen molar-refractivity contribution in [2.45, 2.75) is 38.1 Å². The molecule has 0 aromatic heterocycles. The van der Waals surface area contributed by atoms with Gasteiger partial charge in [0.25, 0.3) is 0 Å². The molecule has 0 bridgehead atoms. The highest BCUT2D eigenvalue weighted by atomic mass is 14.8. The third-order valence-electron chi connectivity index (χ3n) is 4.37. The summed E-state index contributed by atoms with van der Waals surface area (Å²) in [7, 11) is 0. The zero-order valence-corrected chi connectivity index (χ0v) is 11.5. The molecular weight excluding hydrogens is 230 g/mol. The summed E-state index contributed by atoms with van der Waals surface area (Å²) < 4.78 is 0. The lowest BCUT2D eigenvalue weighted by Crippen LogP contribution is -2.41. The molecule has 0 heterocycles. The van der Waals surface area contributed by atoms with Gasteiger partial charge in [-0.05, 0) is 47.9 Å². The Bertz CT molecular complexity index is 588. The second-order valence-electron chi connectivity index (χ2n) is 5.54. The number of aryl methyl sites for hydroxylation is 2. The van der Waals surface area contributed by atoms with Gasteiger partial charge in [0.1, 0.15) is 0 Å². The molecule has 1 heteroatoms. The van der Waals surface area contributed by atoms with Crippen LogP contribution in [0.5, 0.6) is 0 Å². The first-order valence-corrected chi connectivity index (χ1v) is 7.21. The van der Waals surface area contributed by atoms with E-state index in [0.29, 0.717) is 0 Å². The number of fused-ring (bicyclic) bond motifs is 1. The molecule has 0 saturated heterocycles. The van der Waals surface area contributed by atoms with Crippen LogP contribution in [0.1, 0.15) is 42.0 Å². The lowest BCUT2D eigenvalue weighted by molar-refractivity contribution is 0.442. The van der Waals surface area contributed by atoms with Gasteiger partial charge in [0.15, 0.2) is 0 Å². The van der Waals surface area contributed by atoms with Crippen LogP contribution in [-0.2, 0) is 18.4 Å². The Morgan fingerprint density at radius 2 is 1.95 bits per heavy atom. The molecular formula is C18H21N. The number of benzene rings is 2. The zero-order chi connectivity index (χ0) is 13.3. The van der Waals surface area contributed by atoms with E-state index in [1.54, 1.807) is 0 Å². The molecule has 0 amide bonds. The molecule has 1 aliphatic rings. The highest BCUT2D eigenvalue weighted by molar-refractivity contribution is 5.45. The zero-order valence-electron chi connectivity index (χ0n) is 11.5. The van der Waals surface area contributed by atoms with Crippen LogP contribution in [0.4, 0.5) is 0 Å². The molecule has 2 aromatic carbocycles. The van der Waals surface area contributed by atoms with Gasteiger partial charge in [-0.2, -0.15) is 0 Å². The molecule has 3 rings (SSSR count). The van der Waals surface area contributed by atoms with Gasteiger partial charge in [-0.3, -0.25) is 0 Å². The summed E-state index contributed by atoms with van der Waals surface area (Å²) in [5, 5.41) is 0. The monoisotopic (exact) mass is 251 g/mol. The summed E-state index contributed by atoms with van der Waals surface area (Å²) in [5.41, 5.74) is 11.9. The Balaban J connectivity index is 2.13. The maximum absolute atomic E-state index is 6.82. The van der Waals surface area contributed by atoms with Crippen molar-refractivity contribution in [1.29, 1.82) is 0 Å². The fourth-order valence-electron chi connectivity index (χ4n) is 3.23. The predicted molar refractivity (Wildman–Crippen MR) is 80.2 cm³/mol. The molecule has 0 radical (unpaired) electrons. The van der Waals surface area contributed by atoms with E-state index in [0.717, 1.165) is 19.3 Å². The lowest BCUT2D eigenvalue weighted by atomic mass is 9.73. The van der Waals surface area contributed by atoms with Crippen LogP contribution in [0, 0.1) is 0 Å². The lowest BCUT2D eigenvalue weighted by Gasteiger charge is -2.36. The van der Waals surface area contributed by atoms with Crippen LogP contribution in [0.3, 0.4) is 0 Å². The second-order valence-corrected chi connectivity index (χ2v) is 5.54. The first-order valence-electron chi connectivity index (χ1n) is 7.21. The minimum absolute atomic E-state index is 0.306. The van der Waals surface area contributed by atoms with Crippen LogP contribution >= 0.6 is 0 Å². The van der Waals surface area contributed by atoms with Crippen LogP contribution in [0.25, 0.3) is 0 Å². The van der Waals surface area contributed by atoms with Crippen LogP contribution in [-0.4, -0.2) is 0 Å². The van der Waals surface area contributed by atoms with Gasteiger partial charge >= 0.3 is 0 Å². The summed E-state index contributed by atoms with van der Waals surface area (Å²) in [5.74, 6) is 0. The molecule has 1 nitrogen and oxygen atoms in total. The molecule has 2 N–H and O–H groups in total. The van der Waals surface area contributed by atoms with E-state index in [-0.39, 0.29) is 5.54 Å². The van der Waals surface area contributed by atoms with Crippen LogP contribution in [0.15, 0.2) is 48.5 Å². The van der Waals surface area contributed by atoms with Gasteiger partial charge in [-0.25, -0.2) is 0 Å². The summed E-state index contributed by atoms with van der Waals surface area (Å²) in [6, 6.07) is 17.4. The van der Waals surface area contributed by atoms with Crippen molar-refractivity contribution < 1.29 is 0 Å². The SMILES string of the molecule is CCc1cccc(C2(N)CCCc3ccccc32)c1. The topological polar surface area (TPSA) is 26.0 Å². The minimum atomic E-state index is -0.306. The van der Waals surface area contributed by atoms with E-state index in [9.17, 15) is 0 Å². The number of nitrogens with two attached hydrogens (primary N) is 1. The molecule has 1 unspecified atom stereocenters. The minimum Gasteiger partial charge on any atom is -0.318 e. The van der Waals surface area contributed by atoms with Crippen molar-refractivity contribution in [2.24, 2.45) is 5.73 Å². The molecule has 19 heavy (non-hydrogen) atoms. The number of rotatable bonds is 2. The van der Waals surface area contributed by atoms with Gasteiger partial charge in [0.05, 0.1) is 5.54 Å². The quantitative estimate of drug-likeness (QED) is 0.863. The van der Waals surface area contributed by atoms with E-state index in [4.69, 9.17) is 5.73 Å². The summed E-state index contributed by atoms with van der Waals surface area (Å²) in [4.78, 5) is 0. The van der Waals surface area contributed by atoms with Crippen molar-refractivity contribution in [1.82, 2.24) is 0 Å². The molecule has 2 aromatic rings. The Morgan fingerprint density at radius 3 is 2.79 bits per heavy atom. The van der Waals surface area contributed by atoms with E-state index in [2.05, 4.69) is 55.5 Å². The molecule has 0 saturated carbocycles. The highest BCUT2D eigenvalue weighted by Gasteiger charge is 2.34. The van der Waals surface area contributed by atoms with Gasteiger partial charge < -0.3 is 5.73 Å². The van der Waals surface area contributed by atoms with Gasteiger partial charge in [0, 0.05) is 0 Å². The Morgan fingerprint density at radius 1 is 1.11 bits per heavy atom. The van der Waals surface area contributed by atoms with Crippen molar-refractivity contribution in [2.75, 3.05) is 0 Å². The largest absolute Gasteiger partial charge is 0.318 e. The number of hydrogen-bond donors (Lipinski definition) is 1. The van der Waals surface area contributed by atoms with Gasteiger partial charge in [0.2, 0.25) is 0 Å². The summed E-state index contributed by atoms with van der Waals surface area (Å²) in [6.07, 6.45) is 4.43. The maximum Gasteiger partial charge on any atom is 0.0668 e. The fraction of sp³-hybridized carbons (Fsp3) is 0.333. The first kappa shape index (κ1) is 12.4. The van der Waals surface area contributed by atoms with Crippen molar-refractivity contribution >= 4 is 0 Å². The van der Waals surface area contributed by atoms with E-state index >= 15 is 0 Å². The predicted octanol–water partition coefficient (Wildman–Crippen LogP) is 3.79. The smallest absolute Gasteiger partial charge is 0.0668 e. The summed E-state index contributed by atoms with van der Waals surface area (Å²) >= 11 is 0.